The van der Waals surface area contributed by atoms with Crippen molar-refractivity contribution in [3.8, 4) is 5.75 Å². The van der Waals surface area contributed by atoms with E-state index in [2.05, 4.69) is 13.8 Å². The van der Waals surface area contributed by atoms with E-state index in [0.29, 0.717) is 19.5 Å². The fourth-order valence-electron chi connectivity index (χ4n) is 2.19. The molecule has 0 heterocycles. The van der Waals surface area contributed by atoms with Crippen LogP contribution in [0.4, 0.5) is 0 Å². The zero-order chi connectivity index (χ0) is 16.0. The molecule has 126 valence electrons. The van der Waals surface area contributed by atoms with E-state index in [1.165, 1.54) is 0 Å². The highest BCUT2D eigenvalue weighted by atomic mass is 35.5. The van der Waals surface area contributed by atoms with Gasteiger partial charge in [-0.15, -0.1) is 12.4 Å². The molecule has 1 unspecified atom stereocenters. The maximum atomic E-state index is 12.5. The van der Waals surface area contributed by atoms with Crippen LogP contribution in [0.2, 0.25) is 0 Å². The van der Waals surface area contributed by atoms with Crippen LogP contribution in [-0.4, -0.2) is 37.0 Å². The van der Waals surface area contributed by atoms with Gasteiger partial charge in [0.15, 0.2) is 6.10 Å². The lowest BCUT2D eigenvalue weighted by molar-refractivity contribution is -0.138. The van der Waals surface area contributed by atoms with Crippen molar-refractivity contribution in [1.82, 2.24) is 4.90 Å². The second-order valence-corrected chi connectivity index (χ2v) is 6.39. The number of benzene rings is 1. The van der Waals surface area contributed by atoms with Gasteiger partial charge in [-0.05, 0) is 43.0 Å². The van der Waals surface area contributed by atoms with Gasteiger partial charge >= 0.3 is 0 Å². The molecule has 0 aliphatic heterocycles. The molecule has 0 aliphatic rings. The Kier molecular flexibility index (Phi) is 8.49. The highest BCUT2D eigenvalue weighted by molar-refractivity contribution is 5.85. The Morgan fingerprint density at radius 2 is 2.05 bits per heavy atom. The first-order valence-electron chi connectivity index (χ1n) is 7.47. The number of halogens is 1. The molecule has 1 aromatic rings. The molecule has 1 amide bonds. The summed E-state index contributed by atoms with van der Waals surface area (Å²) in [5.41, 5.74) is 6.76. The maximum Gasteiger partial charge on any atom is 0.263 e. The van der Waals surface area contributed by atoms with Crippen LogP contribution in [0.25, 0.3) is 0 Å². The third-order valence-corrected chi connectivity index (χ3v) is 3.51. The summed E-state index contributed by atoms with van der Waals surface area (Å²) in [6, 6.07) is 7.77. The van der Waals surface area contributed by atoms with Crippen LogP contribution < -0.4 is 10.5 Å². The second-order valence-electron chi connectivity index (χ2n) is 6.39. The maximum absolute atomic E-state index is 12.5. The molecule has 0 aliphatic carbocycles. The van der Waals surface area contributed by atoms with Gasteiger partial charge in [0.2, 0.25) is 0 Å². The normalized spacial score (nSPS) is 12.3. The van der Waals surface area contributed by atoms with Crippen LogP contribution in [0.15, 0.2) is 24.3 Å². The summed E-state index contributed by atoms with van der Waals surface area (Å²) in [5.74, 6) is 0.738. The Hall–Kier alpha value is -1.26. The molecule has 0 bridgehead atoms. The molecule has 0 radical (unpaired) electrons. The van der Waals surface area contributed by atoms with Crippen LogP contribution in [0, 0.1) is 12.3 Å². The molecule has 2 N–H and O–H groups in total. The minimum atomic E-state index is -0.453. The summed E-state index contributed by atoms with van der Waals surface area (Å²) >= 11 is 0. The number of aryl methyl sites for hydroxylation is 1. The third-order valence-electron chi connectivity index (χ3n) is 3.51. The zero-order valence-corrected chi connectivity index (χ0v) is 15.1. The predicted octanol–water partition coefficient (Wildman–Crippen LogP) is 3.02. The summed E-state index contributed by atoms with van der Waals surface area (Å²) in [6.07, 6.45) is 0.186. The fraction of sp³-hybridized carbons (Fsp3) is 0.588. The number of likely N-dealkylation sites (N-methyl/N-ethyl adjacent to an activating group) is 1. The molecule has 0 spiro atoms. The van der Waals surface area contributed by atoms with Gasteiger partial charge < -0.3 is 15.4 Å². The first-order valence-corrected chi connectivity index (χ1v) is 7.47. The highest BCUT2D eigenvalue weighted by Gasteiger charge is 2.26. The Morgan fingerprint density at radius 3 is 2.55 bits per heavy atom. The van der Waals surface area contributed by atoms with Crippen LogP contribution in [0.1, 0.15) is 32.8 Å². The standard InChI is InChI=1S/C17H28N2O2.ClH/c1-6-15(21-14-9-7-8-13(2)10-14)16(20)19(5)12-17(3,4)11-18;/h7-10,15H,6,11-12,18H2,1-5H3;1H. The lowest BCUT2D eigenvalue weighted by atomic mass is 9.93. The molecule has 1 atom stereocenters. The van der Waals surface area contributed by atoms with Gasteiger partial charge in [0.25, 0.3) is 5.91 Å². The SMILES string of the molecule is CCC(Oc1cccc(C)c1)C(=O)N(C)CC(C)(C)CN.Cl. The Balaban J connectivity index is 0.00000441. The smallest absolute Gasteiger partial charge is 0.263 e. The van der Waals surface area contributed by atoms with E-state index in [4.69, 9.17) is 10.5 Å². The second kappa shape index (κ2) is 9.01. The molecular weight excluding hydrogens is 300 g/mol. The van der Waals surface area contributed by atoms with E-state index in [-0.39, 0.29) is 23.7 Å². The van der Waals surface area contributed by atoms with E-state index < -0.39 is 6.10 Å². The van der Waals surface area contributed by atoms with Gasteiger partial charge in [-0.25, -0.2) is 0 Å². The molecule has 1 rings (SSSR count). The van der Waals surface area contributed by atoms with Crippen LogP contribution in [-0.2, 0) is 4.79 Å². The van der Waals surface area contributed by atoms with E-state index in [1.807, 2.05) is 45.2 Å². The van der Waals surface area contributed by atoms with Gasteiger partial charge in [-0.1, -0.05) is 32.9 Å². The topological polar surface area (TPSA) is 55.6 Å². The Bertz CT molecular complexity index is 477. The Morgan fingerprint density at radius 1 is 1.41 bits per heavy atom. The lowest BCUT2D eigenvalue weighted by Gasteiger charge is -2.31. The van der Waals surface area contributed by atoms with Gasteiger partial charge in [0.05, 0.1) is 0 Å². The summed E-state index contributed by atoms with van der Waals surface area (Å²) in [6.45, 7) is 9.24. The zero-order valence-electron chi connectivity index (χ0n) is 14.3. The molecule has 5 heteroatoms. The quantitative estimate of drug-likeness (QED) is 0.837. The number of nitrogens with two attached hydrogens (primary N) is 1. The van der Waals surface area contributed by atoms with Crippen molar-refractivity contribution in [3.05, 3.63) is 29.8 Å². The number of carbonyl (C=O) groups excluding carboxylic acids is 1. The van der Waals surface area contributed by atoms with Gasteiger partial charge in [-0.3, -0.25) is 4.79 Å². The summed E-state index contributed by atoms with van der Waals surface area (Å²) in [7, 11) is 1.81. The van der Waals surface area contributed by atoms with E-state index in [0.717, 1.165) is 11.3 Å². The number of hydrogen-bond donors (Lipinski definition) is 1. The van der Waals surface area contributed by atoms with Crippen molar-refractivity contribution in [1.29, 1.82) is 0 Å². The number of rotatable bonds is 7. The van der Waals surface area contributed by atoms with Gasteiger partial charge in [-0.2, -0.15) is 0 Å². The average molecular weight is 329 g/mol. The molecule has 0 saturated carbocycles. The number of ether oxygens (including phenoxy) is 1. The molecule has 0 saturated heterocycles. The third kappa shape index (κ3) is 6.24. The predicted molar refractivity (Wildman–Crippen MR) is 93.6 cm³/mol. The molecule has 0 fully saturated rings. The van der Waals surface area contributed by atoms with Crippen molar-refractivity contribution in [3.63, 3.8) is 0 Å². The number of nitrogens with zero attached hydrogens (tertiary/aromatic N) is 1. The molecule has 4 nitrogen and oxygen atoms in total. The summed E-state index contributed by atoms with van der Waals surface area (Å²) in [4.78, 5) is 14.2. The van der Waals surface area contributed by atoms with E-state index in [1.54, 1.807) is 4.90 Å². The minimum absolute atomic E-state index is 0. The van der Waals surface area contributed by atoms with Gasteiger partial charge in [0, 0.05) is 13.6 Å². The number of carbonyl (C=O) groups is 1. The number of hydrogen-bond acceptors (Lipinski definition) is 3. The molecular formula is C17H29ClN2O2. The van der Waals surface area contributed by atoms with Crippen molar-refractivity contribution >= 4 is 18.3 Å². The average Bonchev–Trinajstić information content (AvgIpc) is 2.43. The van der Waals surface area contributed by atoms with Gasteiger partial charge in [0.1, 0.15) is 5.75 Å². The van der Waals surface area contributed by atoms with Crippen molar-refractivity contribution in [2.75, 3.05) is 20.1 Å². The van der Waals surface area contributed by atoms with Crippen LogP contribution in [0.5, 0.6) is 5.75 Å². The largest absolute Gasteiger partial charge is 0.481 e. The summed E-state index contributed by atoms with van der Waals surface area (Å²) in [5, 5.41) is 0. The lowest BCUT2D eigenvalue weighted by Crippen LogP contribution is -2.45. The minimum Gasteiger partial charge on any atom is -0.481 e. The first kappa shape index (κ1) is 20.7. The van der Waals surface area contributed by atoms with Crippen molar-refractivity contribution in [2.45, 2.75) is 40.2 Å². The van der Waals surface area contributed by atoms with E-state index in [9.17, 15) is 4.79 Å². The van der Waals surface area contributed by atoms with Crippen LogP contribution >= 0.6 is 12.4 Å². The fourth-order valence-corrected chi connectivity index (χ4v) is 2.19. The molecule has 22 heavy (non-hydrogen) atoms. The highest BCUT2D eigenvalue weighted by Crippen LogP contribution is 2.18. The number of amides is 1. The van der Waals surface area contributed by atoms with Crippen molar-refractivity contribution < 1.29 is 9.53 Å². The molecule has 0 aromatic heterocycles. The first-order chi connectivity index (χ1) is 9.79. The monoisotopic (exact) mass is 328 g/mol. The van der Waals surface area contributed by atoms with E-state index >= 15 is 0 Å². The Labute approximate surface area is 140 Å². The molecule has 1 aromatic carbocycles. The summed E-state index contributed by atoms with van der Waals surface area (Å²) < 4.78 is 5.85. The van der Waals surface area contributed by atoms with Crippen molar-refractivity contribution in [2.24, 2.45) is 11.1 Å². The van der Waals surface area contributed by atoms with Crippen LogP contribution in [0.3, 0.4) is 0 Å².